The summed E-state index contributed by atoms with van der Waals surface area (Å²) in [4.78, 5) is 14.3. The van der Waals surface area contributed by atoms with Crippen LogP contribution in [0.5, 0.6) is 0 Å². The second kappa shape index (κ2) is 12.9. The minimum absolute atomic E-state index is 0.312. The van der Waals surface area contributed by atoms with Crippen LogP contribution in [0.2, 0.25) is 0 Å². The van der Waals surface area contributed by atoms with E-state index in [1.807, 2.05) is 0 Å². The maximum Gasteiger partial charge on any atom is 0.240 e. The minimum atomic E-state index is -1.07. The topological polar surface area (TPSA) is 52.9 Å². The van der Waals surface area contributed by atoms with Gasteiger partial charge in [-0.25, -0.2) is 0 Å². The highest BCUT2D eigenvalue weighted by Crippen LogP contribution is 2.43. The summed E-state index contributed by atoms with van der Waals surface area (Å²) in [6.45, 7) is 0. The average molecular weight is 837 g/mol. The van der Waals surface area contributed by atoms with Gasteiger partial charge in [-0.2, -0.15) is 15.0 Å². The van der Waals surface area contributed by atoms with Gasteiger partial charge in [0.15, 0.2) is 5.82 Å². The zero-order chi connectivity index (χ0) is 70.8. The molecule has 292 valence electrons. The second-order valence-electron chi connectivity index (χ2n) is 13.8. The van der Waals surface area contributed by atoms with E-state index in [0.717, 1.165) is 4.40 Å². The largest absolute Gasteiger partial charge is 0.307 e. The molecule has 0 aliphatic carbocycles. The fourth-order valence-electron chi connectivity index (χ4n) is 8.04. The lowest BCUT2D eigenvalue weighted by Crippen LogP contribution is -2.10. The van der Waals surface area contributed by atoms with Crippen molar-refractivity contribution in [1.82, 2.24) is 28.5 Å². The quantitative estimate of drug-likeness (QED) is 0.173. The fraction of sp³-hybridized carbons (Fsp3) is 0. The van der Waals surface area contributed by atoms with Gasteiger partial charge in [0.1, 0.15) is 0 Å². The lowest BCUT2D eigenvalue weighted by Gasteiger charge is -2.13. The van der Waals surface area contributed by atoms with Crippen molar-refractivity contribution in [2.45, 2.75) is 0 Å². The molecule has 0 saturated carbocycles. The van der Waals surface area contributed by atoms with Crippen molar-refractivity contribution in [1.29, 1.82) is 0 Å². The lowest BCUT2D eigenvalue weighted by molar-refractivity contribution is 0.893. The van der Waals surface area contributed by atoms with Crippen LogP contribution in [0.25, 0.3) is 127 Å². The fourth-order valence-corrected chi connectivity index (χ4v) is 8.04. The third-order valence-electron chi connectivity index (χ3n) is 10.6. The van der Waals surface area contributed by atoms with Crippen molar-refractivity contribution in [2.75, 3.05) is 0 Å². The van der Waals surface area contributed by atoms with Crippen LogP contribution in [0.3, 0.4) is 0 Å². The Balaban J connectivity index is 1.27. The standard InChI is InChI=1S/C57H34N6/c1-3-15-35(16-4-1)37-29-31-51-46(33-37)40-20-8-10-26-48(40)61(51)56-58-55(45-25-14-24-44-43-23-13-22-42-39-19-7-12-28-50(39)63(53(42)43)54(44)45)59-57(60-56)62-49-27-11-9-21-41(49)47-34-38(30-32-52(47)62)36-17-5-2-6-18-36/h1-34H/i1D,2D,3D,4D,5D,6D,7D,8D,9D,10D,11D,12D,13D,14D,15D,16D,17D,18D,19D,20D,21D,22D,23D,24D,25D,26D,27D,28D,29D,30D,31D,32D,33D,34D. The Labute approximate surface area is 408 Å². The van der Waals surface area contributed by atoms with Crippen LogP contribution in [-0.4, -0.2) is 28.5 Å². The summed E-state index contributed by atoms with van der Waals surface area (Å²) in [5.74, 6) is -3.06. The Bertz CT molecular complexity index is 5880. The maximum absolute atomic E-state index is 9.90. The molecule has 9 aromatic carbocycles. The van der Waals surface area contributed by atoms with Crippen LogP contribution in [0, 0.1) is 0 Å². The highest BCUT2D eigenvalue weighted by Gasteiger charge is 2.24. The highest BCUT2D eigenvalue weighted by atomic mass is 15.3. The molecule has 0 aliphatic rings. The first kappa shape index (κ1) is 15.1. The molecule has 0 amide bonds. The first-order valence-electron chi connectivity index (χ1n) is 35.6. The molecular weight excluding hydrogens is 769 g/mol. The first-order chi connectivity index (χ1) is 45.4. The van der Waals surface area contributed by atoms with E-state index in [0.29, 0.717) is 9.13 Å². The summed E-state index contributed by atoms with van der Waals surface area (Å²) in [6.07, 6.45) is 0. The third kappa shape index (κ3) is 4.86. The Morgan fingerprint density at radius 1 is 0.302 bits per heavy atom. The Morgan fingerprint density at radius 2 is 0.714 bits per heavy atom. The molecule has 0 aliphatic heterocycles. The van der Waals surface area contributed by atoms with Crippen molar-refractivity contribution < 1.29 is 46.6 Å². The van der Waals surface area contributed by atoms with Crippen LogP contribution < -0.4 is 0 Å². The van der Waals surface area contributed by atoms with Gasteiger partial charge in [0.25, 0.3) is 0 Å². The summed E-state index contributed by atoms with van der Waals surface area (Å²) in [7, 11) is 0. The monoisotopic (exact) mass is 836 g/mol. The number of fused-ring (bicyclic) bond motifs is 12. The second-order valence-corrected chi connectivity index (χ2v) is 13.8. The van der Waals surface area contributed by atoms with Crippen LogP contribution in [0.1, 0.15) is 46.6 Å². The lowest BCUT2D eigenvalue weighted by atomic mass is 10.0. The molecule has 6 heteroatoms. The van der Waals surface area contributed by atoms with Gasteiger partial charge in [-0.3, -0.25) is 9.13 Å². The smallest absolute Gasteiger partial charge is 0.240 e. The molecule has 0 fully saturated rings. The van der Waals surface area contributed by atoms with Crippen LogP contribution in [0.15, 0.2) is 205 Å². The Kier molecular flexibility index (Phi) is 3.10. The van der Waals surface area contributed by atoms with Crippen LogP contribution in [-0.2, 0) is 0 Å². The van der Waals surface area contributed by atoms with Crippen molar-refractivity contribution >= 4 is 81.7 Å². The Hall–Kier alpha value is -8.61. The molecule has 14 rings (SSSR count). The molecule has 14 aromatic rings. The van der Waals surface area contributed by atoms with E-state index in [1.165, 1.54) is 0 Å². The minimum Gasteiger partial charge on any atom is -0.307 e. The summed E-state index contributed by atoms with van der Waals surface area (Å²) >= 11 is 0. The summed E-state index contributed by atoms with van der Waals surface area (Å²) in [5, 5.41) is -4.39. The van der Waals surface area contributed by atoms with Crippen molar-refractivity contribution in [2.24, 2.45) is 0 Å². The maximum atomic E-state index is 9.90. The number of hydrogen-bond donors (Lipinski definition) is 0. The zero-order valence-corrected chi connectivity index (χ0v) is 31.2. The van der Waals surface area contributed by atoms with E-state index >= 15 is 0 Å². The zero-order valence-electron chi connectivity index (χ0n) is 65.2. The molecule has 0 spiro atoms. The molecule has 0 saturated heterocycles. The van der Waals surface area contributed by atoms with Gasteiger partial charge >= 0.3 is 0 Å². The SMILES string of the molecule is [2H]c1c([2H])c([2H])c(-c2c([2H])c([2H])c3c(c2[2H])c2c([2H])c([2H])c([2H])c([2H])c2n3-c2nc(-c3c([2H])c([2H])c([2H])c4c5c([2H])c([2H])c([2H])c6c7c([2H])c([2H])c([2H])c([2H])c7n(c34)c65)nc(-n3c4c([2H])c([2H])c([2H])c([2H])c4c4c([2H])c(-c5c([2H])c([2H])c([2H])c([2H])c5[2H])c([2H])c([2H])c43)n2)c([2H])c1[2H]. The molecule has 5 aromatic heterocycles. The van der Waals surface area contributed by atoms with Gasteiger partial charge < -0.3 is 4.40 Å². The number of hydrogen-bond acceptors (Lipinski definition) is 3. The molecule has 63 heavy (non-hydrogen) atoms. The van der Waals surface area contributed by atoms with Crippen LogP contribution >= 0.6 is 0 Å². The van der Waals surface area contributed by atoms with E-state index in [2.05, 4.69) is 0 Å². The normalized spacial score (nSPS) is 19.7. The van der Waals surface area contributed by atoms with E-state index in [9.17, 15) is 21.9 Å². The van der Waals surface area contributed by atoms with Crippen molar-refractivity contribution in [3.63, 3.8) is 0 Å². The molecule has 0 atom stereocenters. The number of rotatable bonds is 5. The van der Waals surface area contributed by atoms with Gasteiger partial charge in [0, 0.05) is 48.7 Å². The number of nitrogens with zero attached hydrogens (tertiary/aromatic N) is 6. The Morgan fingerprint density at radius 3 is 1.27 bits per heavy atom. The van der Waals surface area contributed by atoms with Gasteiger partial charge in [-0.1, -0.05) is 157 Å². The third-order valence-corrected chi connectivity index (χ3v) is 10.6. The first-order valence-corrected chi connectivity index (χ1v) is 18.6. The van der Waals surface area contributed by atoms with Crippen LogP contribution in [0.4, 0.5) is 0 Å². The highest BCUT2D eigenvalue weighted by molar-refractivity contribution is 6.25. The molecule has 0 unspecified atom stereocenters. The number of benzene rings is 9. The van der Waals surface area contributed by atoms with E-state index in [1.54, 1.807) is 0 Å². The molecule has 0 bridgehead atoms. The predicted molar refractivity (Wildman–Crippen MR) is 259 cm³/mol. The summed E-state index contributed by atoms with van der Waals surface area (Å²) in [5.41, 5.74) is -8.40. The average Bonchev–Trinajstić information content (AvgIpc) is 1.51. The molecule has 6 nitrogen and oxygen atoms in total. The van der Waals surface area contributed by atoms with E-state index in [-0.39, 0.29) is 10.9 Å². The molecule has 0 N–H and O–H groups in total. The van der Waals surface area contributed by atoms with Crippen molar-refractivity contribution in [3.8, 4) is 45.5 Å². The summed E-state index contributed by atoms with van der Waals surface area (Å²) in [6, 6.07) is -32.0. The number of para-hydroxylation sites is 5. The molecule has 5 heterocycles. The number of aromatic nitrogens is 6. The van der Waals surface area contributed by atoms with Gasteiger partial charge in [0.2, 0.25) is 11.9 Å². The van der Waals surface area contributed by atoms with Gasteiger partial charge in [-0.05, 0) is 70.6 Å². The summed E-state index contributed by atoms with van der Waals surface area (Å²) < 4.78 is 314. The van der Waals surface area contributed by atoms with E-state index < -0.39 is 322 Å². The van der Waals surface area contributed by atoms with Crippen molar-refractivity contribution in [3.05, 3.63) is 205 Å². The molecule has 0 radical (unpaired) electrons. The van der Waals surface area contributed by atoms with Gasteiger partial charge in [-0.15, -0.1) is 0 Å². The predicted octanol–water partition coefficient (Wildman–Crippen LogP) is 14.2. The van der Waals surface area contributed by atoms with Gasteiger partial charge in [0.05, 0.1) is 85.2 Å². The van der Waals surface area contributed by atoms with E-state index in [4.69, 9.17) is 39.6 Å². The molecular formula is C57H34N6.